The van der Waals surface area contributed by atoms with Crippen LogP contribution in [-0.2, 0) is 13.2 Å². The quantitative estimate of drug-likeness (QED) is 0.343. The van der Waals surface area contributed by atoms with Crippen molar-refractivity contribution in [2.75, 3.05) is 0 Å². The van der Waals surface area contributed by atoms with E-state index < -0.39 is 22.5 Å². The largest absolute Gasteiger partial charge is 0.391 e. The number of H-pyrrole nitrogens is 4. The van der Waals surface area contributed by atoms with E-state index in [2.05, 4.69) is 9.97 Å². The number of aromatic nitrogens is 4. The number of hydrogen-bond donors (Lipinski definition) is 6. The third kappa shape index (κ3) is 4.19. The standard InChI is InChI=1S/C5H7N3O2.C5H6N2O3/c6-1-3-2-7-5(10)8-4(3)9;8-2-3-1-6-5(10)7-4(3)9/h2H,1,6H2,(H2,7,8,9,10);1,8H,2H2,(H2,6,7,9,10). The molecule has 0 saturated carbocycles. The highest BCUT2D eigenvalue weighted by molar-refractivity contribution is 5.01. The van der Waals surface area contributed by atoms with Gasteiger partial charge in [-0.15, -0.1) is 0 Å². The third-order valence-corrected chi connectivity index (χ3v) is 2.18. The van der Waals surface area contributed by atoms with Crippen molar-refractivity contribution < 1.29 is 5.11 Å². The summed E-state index contributed by atoms with van der Waals surface area (Å²) in [6.45, 7) is -0.238. The first-order valence-electron chi connectivity index (χ1n) is 5.40. The van der Waals surface area contributed by atoms with Gasteiger partial charge in [-0.2, -0.15) is 0 Å². The molecule has 0 atom stereocenters. The van der Waals surface area contributed by atoms with Crippen molar-refractivity contribution in [2.45, 2.75) is 13.2 Å². The molecule has 0 aromatic carbocycles. The minimum absolute atomic E-state index is 0.131. The fraction of sp³-hybridized carbons (Fsp3) is 0.200. The van der Waals surface area contributed by atoms with E-state index in [-0.39, 0.29) is 18.7 Å². The van der Waals surface area contributed by atoms with E-state index >= 15 is 0 Å². The van der Waals surface area contributed by atoms with Crippen LogP contribution < -0.4 is 28.2 Å². The predicted molar refractivity (Wildman–Crippen MR) is 69.2 cm³/mol. The SMILES string of the molecule is NCc1c[nH]c(=O)[nH]c1=O.O=c1[nH]cc(CO)c(=O)[nH]1. The zero-order chi connectivity index (χ0) is 15.1. The Hall–Kier alpha value is -2.72. The first kappa shape index (κ1) is 15.3. The molecule has 2 heterocycles. The molecule has 0 unspecified atom stereocenters. The lowest BCUT2D eigenvalue weighted by molar-refractivity contribution is 0.279. The van der Waals surface area contributed by atoms with Gasteiger partial charge in [-0.05, 0) is 0 Å². The van der Waals surface area contributed by atoms with Crippen molar-refractivity contribution in [3.63, 3.8) is 0 Å². The van der Waals surface area contributed by atoms with Crippen LogP contribution in [0.25, 0.3) is 0 Å². The molecule has 2 aromatic rings. The van der Waals surface area contributed by atoms with E-state index in [0.717, 1.165) is 0 Å². The van der Waals surface area contributed by atoms with Crippen LogP contribution in [0.2, 0.25) is 0 Å². The molecule has 20 heavy (non-hydrogen) atoms. The first-order valence-corrected chi connectivity index (χ1v) is 5.40. The number of hydrogen-bond acceptors (Lipinski definition) is 6. The van der Waals surface area contributed by atoms with Crippen LogP contribution in [0.5, 0.6) is 0 Å². The second kappa shape index (κ2) is 7.01. The maximum atomic E-state index is 10.7. The van der Waals surface area contributed by atoms with E-state index in [4.69, 9.17) is 10.8 Å². The Kier molecular flexibility index (Phi) is 5.38. The number of aliphatic hydroxyl groups excluding tert-OH is 1. The molecular formula is C10H13N5O5. The lowest BCUT2D eigenvalue weighted by Crippen LogP contribution is -2.25. The van der Waals surface area contributed by atoms with Gasteiger partial charge in [0, 0.05) is 24.5 Å². The Balaban J connectivity index is 0.000000200. The Bertz CT molecular complexity index is 716. The van der Waals surface area contributed by atoms with Crippen LogP contribution in [0, 0.1) is 0 Å². The molecule has 0 saturated heterocycles. The van der Waals surface area contributed by atoms with Gasteiger partial charge in [-0.1, -0.05) is 0 Å². The second-order valence-corrected chi connectivity index (χ2v) is 3.56. The molecule has 10 nitrogen and oxygen atoms in total. The molecule has 10 heteroatoms. The molecule has 0 amide bonds. The predicted octanol–water partition coefficient (Wildman–Crippen LogP) is -2.92. The van der Waals surface area contributed by atoms with Crippen molar-refractivity contribution >= 4 is 0 Å². The van der Waals surface area contributed by atoms with E-state index in [1.54, 1.807) is 0 Å². The number of rotatable bonds is 2. The summed E-state index contributed by atoms with van der Waals surface area (Å²) in [6, 6.07) is 0. The van der Waals surface area contributed by atoms with Gasteiger partial charge in [0.15, 0.2) is 0 Å². The van der Waals surface area contributed by atoms with Gasteiger partial charge in [0.25, 0.3) is 11.1 Å². The molecular weight excluding hydrogens is 270 g/mol. The van der Waals surface area contributed by atoms with Gasteiger partial charge in [0.1, 0.15) is 0 Å². The molecule has 0 aliphatic heterocycles. The van der Waals surface area contributed by atoms with Crippen molar-refractivity contribution in [3.8, 4) is 0 Å². The second-order valence-electron chi connectivity index (χ2n) is 3.56. The topological polar surface area (TPSA) is 178 Å². The van der Waals surface area contributed by atoms with Crippen LogP contribution in [0.1, 0.15) is 11.1 Å². The van der Waals surface area contributed by atoms with E-state index in [9.17, 15) is 19.2 Å². The highest BCUT2D eigenvalue weighted by Crippen LogP contribution is 1.79. The summed E-state index contributed by atoms with van der Waals surface area (Å²) < 4.78 is 0. The Labute approximate surface area is 110 Å². The summed E-state index contributed by atoms with van der Waals surface area (Å²) in [4.78, 5) is 50.7. The number of aliphatic hydroxyl groups is 1. The van der Waals surface area contributed by atoms with Gasteiger partial charge >= 0.3 is 11.4 Å². The zero-order valence-corrected chi connectivity index (χ0v) is 10.2. The molecule has 0 radical (unpaired) electrons. The molecule has 0 fully saturated rings. The Morgan fingerprint density at radius 3 is 1.70 bits per heavy atom. The Morgan fingerprint density at radius 2 is 1.35 bits per heavy atom. The summed E-state index contributed by atoms with van der Waals surface area (Å²) in [5.74, 6) is 0. The van der Waals surface area contributed by atoms with Crippen LogP contribution in [0.3, 0.4) is 0 Å². The lowest BCUT2D eigenvalue weighted by Gasteiger charge is -1.90. The van der Waals surface area contributed by atoms with E-state index in [0.29, 0.717) is 5.56 Å². The van der Waals surface area contributed by atoms with E-state index in [1.807, 2.05) is 9.97 Å². The van der Waals surface area contributed by atoms with Crippen molar-refractivity contribution in [3.05, 3.63) is 65.2 Å². The number of aromatic amines is 4. The fourth-order valence-electron chi connectivity index (χ4n) is 1.14. The molecule has 0 aliphatic carbocycles. The summed E-state index contributed by atoms with van der Waals surface area (Å²) in [6.07, 6.45) is 2.49. The third-order valence-electron chi connectivity index (χ3n) is 2.18. The molecule has 0 bridgehead atoms. The molecule has 0 spiro atoms. The molecule has 0 aliphatic rings. The monoisotopic (exact) mass is 283 g/mol. The van der Waals surface area contributed by atoms with Crippen LogP contribution >= 0.6 is 0 Å². The molecule has 108 valence electrons. The number of nitrogens with two attached hydrogens (primary N) is 1. The highest BCUT2D eigenvalue weighted by Gasteiger charge is 1.95. The molecule has 2 rings (SSSR count). The summed E-state index contributed by atoms with van der Waals surface area (Å²) in [7, 11) is 0. The maximum absolute atomic E-state index is 10.7. The van der Waals surface area contributed by atoms with Gasteiger partial charge < -0.3 is 20.8 Å². The number of nitrogens with one attached hydrogen (secondary N) is 4. The lowest BCUT2D eigenvalue weighted by atomic mass is 10.3. The molecule has 7 N–H and O–H groups in total. The smallest absolute Gasteiger partial charge is 0.325 e. The average molecular weight is 283 g/mol. The fourth-order valence-corrected chi connectivity index (χ4v) is 1.14. The summed E-state index contributed by atoms with van der Waals surface area (Å²) >= 11 is 0. The van der Waals surface area contributed by atoms with Crippen molar-refractivity contribution in [1.29, 1.82) is 0 Å². The zero-order valence-electron chi connectivity index (χ0n) is 10.2. The van der Waals surface area contributed by atoms with Gasteiger partial charge in [-0.25, -0.2) is 9.59 Å². The van der Waals surface area contributed by atoms with E-state index in [1.165, 1.54) is 12.4 Å². The van der Waals surface area contributed by atoms with Crippen LogP contribution in [-0.4, -0.2) is 25.0 Å². The van der Waals surface area contributed by atoms with Gasteiger partial charge in [-0.3, -0.25) is 19.6 Å². The minimum Gasteiger partial charge on any atom is -0.391 e. The van der Waals surface area contributed by atoms with Crippen molar-refractivity contribution in [1.82, 2.24) is 19.9 Å². The highest BCUT2D eigenvalue weighted by atomic mass is 16.3. The normalized spacial score (nSPS) is 9.70. The summed E-state index contributed by atoms with van der Waals surface area (Å²) in [5, 5.41) is 8.47. The average Bonchev–Trinajstić information content (AvgIpc) is 2.40. The maximum Gasteiger partial charge on any atom is 0.325 e. The van der Waals surface area contributed by atoms with Crippen molar-refractivity contribution in [2.24, 2.45) is 5.73 Å². The minimum atomic E-state index is -0.567. The Morgan fingerprint density at radius 1 is 0.900 bits per heavy atom. The first-order chi connectivity index (χ1) is 9.47. The van der Waals surface area contributed by atoms with Crippen LogP contribution in [0.4, 0.5) is 0 Å². The molecule has 2 aromatic heterocycles. The van der Waals surface area contributed by atoms with Crippen LogP contribution in [0.15, 0.2) is 31.6 Å². The van der Waals surface area contributed by atoms with Gasteiger partial charge in [0.05, 0.1) is 12.2 Å². The summed E-state index contributed by atoms with van der Waals surface area (Å²) in [5.41, 5.74) is 3.63. The van der Waals surface area contributed by atoms with Gasteiger partial charge in [0.2, 0.25) is 0 Å².